The zero-order chi connectivity index (χ0) is 24.6. The number of phenols is 2. The Hall–Kier alpha value is -2.52. The van der Waals surface area contributed by atoms with Crippen LogP contribution in [0.2, 0.25) is 0 Å². The monoisotopic (exact) mass is 532 g/mol. The molecule has 0 aliphatic heterocycles. The number of hydrogen-bond acceptors (Lipinski definition) is 2. The molecule has 35 heavy (non-hydrogen) atoms. The van der Waals surface area contributed by atoms with Crippen molar-refractivity contribution >= 4 is 37.5 Å². The molecule has 0 spiro atoms. The molecule has 184 valence electrons. The minimum Gasteiger partial charge on any atom is -0.507 e. The van der Waals surface area contributed by atoms with E-state index in [-0.39, 0.29) is 11.5 Å². The molecule has 0 aliphatic rings. The van der Waals surface area contributed by atoms with Gasteiger partial charge in [0.2, 0.25) is 0 Å². The van der Waals surface area contributed by atoms with Crippen LogP contribution in [0.25, 0.3) is 32.7 Å². The van der Waals surface area contributed by atoms with E-state index >= 15 is 0 Å². The fraction of sp³-hybridized carbons (Fsp3) is 0.375. The summed E-state index contributed by atoms with van der Waals surface area (Å²) < 4.78 is 0.986. The molecule has 2 nitrogen and oxygen atoms in total. The molecule has 4 aromatic carbocycles. The molecule has 0 aromatic heterocycles. The van der Waals surface area contributed by atoms with E-state index in [1.807, 2.05) is 30.3 Å². The number of rotatable bonds is 12. The van der Waals surface area contributed by atoms with Gasteiger partial charge in [-0.25, -0.2) is 0 Å². The van der Waals surface area contributed by atoms with Gasteiger partial charge in [0, 0.05) is 15.6 Å². The smallest absolute Gasteiger partial charge is 0.124 e. The third-order valence-electron chi connectivity index (χ3n) is 7.09. The Balaban J connectivity index is 1.46. The van der Waals surface area contributed by atoms with Crippen molar-refractivity contribution in [2.75, 3.05) is 0 Å². The maximum Gasteiger partial charge on any atom is 0.124 e. The molecule has 0 atom stereocenters. The summed E-state index contributed by atoms with van der Waals surface area (Å²) in [5.74, 6) is 0.364. The maximum atomic E-state index is 10.9. The molecule has 0 unspecified atom stereocenters. The number of aromatic hydroxyl groups is 2. The lowest BCUT2D eigenvalue weighted by atomic mass is 9.91. The summed E-state index contributed by atoms with van der Waals surface area (Å²) in [5, 5.41) is 25.7. The Bertz CT molecular complexity index is 1280. The van der Waals surface area contributed by atoms with Crippen molar-refractivity contribution in [1.82, 2.24) is 0 Å². The summed E-state index contributed by atoms with van der Waals surface area (Å²) in [6, 6.07) is 19.9. The van der Waals surface area contributed by atoms with Crippen molar-refractivity contribution in [3.05, 3.63) is 70.7 Å². The summed E-state index contributed by atoms with van der Waals surface area (Å²) in [6.45, 7) is 2.27. The third kappa shape index (κ3) is 6.38. The summed E-state index contributed by atoms with van der Waals surface area (Å²) >= 11 is 3.53. The Morgan fingerprint density at radius 1 is 0.571 bits per heavy atom. The van der Waals surface area contributed by atoms with E-state index in [0.717, 1.165) is 32.4 Å². The van der Waals surface area contributed by atoms with Gasteiger partial charge in [0.05, 0.1) is 0 Å². The van der Waals surface area contributed by atoms with Gasteiger partial charge in [0.25, 0.3) is 0 Å². The van der Waals surface area contributed by atoms with Crippen molar-refractivity contribution in [2.45, 2.75) is 77.6 Å². The highest BCUT2D eigenvalue weighted by Crippen LogP contribution is 2.45. The second-order valence-corrected chi connectivity index (χ2v) is 10.7. The first kappa shape index (κ1) is 25.6. The minimum absolute atomic E-state index is 0.178. The first-order valence-electron chi connectivity index (χ1n) is 13.2. The fourth-order valence-electron chi connectivity index (χ4n) is 5.15. The highest BCUT2D eigenvalue weighted by atomic mass is 79.9. The molecule has 3 heteroatoms. The summed E-state index contributed by atoms with van der Waals surface area (Å²) in [4.78, 5) is 0. The van der Waals surface area contributed by atoms with Crippen LogP contribution in [0.1, 0.15) is 76.7 Å². The van der Waals surface area contributed by atoms with Crippen molar-refractivity contribution in [3.63, 3.8) is 0 Å². The molecular formula is C32H37BrO2. The molecule has 0 radical (unpaired) electrons. The molecule has 0 fully saturated rings. The number of unbranched alkanes of at least 4 members (excludes halogenated alkanes) is 9. The lowest BCUT2D eigenvalue weighted by Crippen LogP contribution is -1.90. The van der Waals surface area contributed by atoms with Gasteiger partial charge in [-0.2, -0.15) is 0 Å². The van der Waals surface area contributed by atoms with Crippen molar-refractivity contribution in [1.29, 1.82) is 0 Å². The molecule has 2 N–H and O–H groups in total. The van der Waals surface area contributed by atoms with Crippen LogP contribution in [0.3, 0.4) is 0 Å². The summed E-state index contributed by atoms with van der Waals surface area (Å²) in [7, 11) is 0. The van der Waals surface area contributed by atoms with Gasteiger partial charge in [-0.1, -0.05) is 117 Å². The largest absolute Gasteiger partial charge is 0.507 e. The van der Waals surface area contributed by atoms with Gasteiger partial charge in [0.15, 0.2) is 0 Å². The van der Waals surface area contributed by atoms with E-state index < -0.39 is 0 Å². The van der Waals surface area contributed by atoms with Crippen LogP contribution < -0.4 is 0 Å². The third-order valence-corrected chi connectivity index (χ3v) is 7.58. The van der Waals surface area contributed by atoms with E-state index in [4.69, 9.17) is 0 Å². The summed E-state index contributed by atoms with van der Waals surface area (Å²) in [6.07, 6.45) is 14.5. The normalized spacial score (nSPS) is 11.5. The first-order chi connectivity index (χ1) is 17.1. The van der Waals surface area contributed by atoms with Gasteiger partial charge in [-0.3, -0.25) is 0 Å². The van der Waals surface area contributed by atoms with Gasteiger partial charge < -0.3 is 10.2 Å². The number of fused-ring (bicyclic) bond motifs is 2. The zero-order valence-corrected chi connectivity index (χ0v) is 22.4. The molecule has 0 amide bonds. The quantitative estimate of drug-likeness (QED) is 0.178. The van der Waals surface area contributed by atoms with E-state index in [1.54, 1.807) is 12.1 Å². The Morgan fingerprint density at radius 2 is 1.09 bits per heavy atom. The minimum atomic E-state index is 0.178. The SMILES string of the molecule is CCCCCCCCCCCCc1ccc2c(-c3c(O)ccc4cc(Br)ccc34)c(O)ccc2c1. The molecule has 0 aliphatic carbocycles. The molecule has 4 rings (SSSR count). The van der Waals surface area contributed by atoms with Crippen LogP contribution in [0, 0.1) is 0 Å². The number of benzene rings is 4. The van der Waals surface area contributed by atoms with E-state index in [0.29, 0.717) is 11.1 Å². The van der Waals surface area contributed by atoms with Crippen molar-refractivity contribution in [2.24, 2.45) is 0 Å². The van der Waals surface area contributed by atoms with Crippen molar-refractivity contribution < 1.29 is 10.2 Å². The zero-order valence-electron chi connectivity index (χ0n) is 20.8. The van der Waals surface area contributed by atoms with Crippen LogP contribution in [-0.2, 0) is 6.42 Å². The predicted molar refractivity (Wildman–Crippen MR) is 153 cm³/mol. The van der Waals surface area contributed by atoms with Gasteiger partial charge in [-0.05, 0) is 64.2 Å². The molecule has 0 saturated carbocycles. The van der Waals surface area contributed by atoms with Crippen LogP contribution in [-0.4, -0.2) is 10.2 Å². The molecule has 4 aromatic rings. The average Bonchev–Trinajstić information content (AvgIpc) is 2.86. The lowest BCUT2D eigenvalue weighted by Gasteiger charge is -2.15. The topological polar surface area (TPSA) is 40.5 Å². The Kier molecular flexibility index (Phi) is 9.09. The number of hydrogen-bond donors (Lipinski definition) is 2. The van der Waals surface area contributed by atoms with Gasteiger partial charge in [0.1, 0.15) is 11.5 Å². The standard InChI is InChI=1S/C32H37BrO2/c1-2-3-4-5-6-7-8-9-10-11-12-23-13-17-27-24(21-23)14-19-29(34)31(27)32-28-18-16-26(33)22-25(28)15-20-30(32)35/h13-22,34-35H,2-12H2,1H3. The lowest BCUT2D eigenvalue weighted by molar-refractivity contribution is 0.470. The van der Waals surface area contributed by atoms with Crippen LogP contribution in [0.15, 0.2) is 65.1 Å². The average molecular weight is 534 g/mol. The van der Waals surface area contributed by atoms with E-state index in [9.17, 15) is 10.2 Å². The van der Waals surface area contributed by atoms with Crippen LogP contribution in [0.4, 0.5) is 0 Å². The van der Waals surface area contributed by atoms with Gasteiger partial charge >= 0.3 is 0 Å². The Morgan fingerprint density at radius 3 is 1.69 bits per heavy atom. The molecule has 0 saturated heterocycles. The highest BCUT2D eigenvalue weighted by molar-refractivity contribution is 9.10. The maximum absolute atomic E-state index is 10.9. The number of aryl methyl sites for hydroxylation is 1. The molecule has 0 bridgehead atoms. The highest BCUT2D eigenvalue weighted by Gasteiger charge is 2.17. The van der Waals surface area contributed by atoms with Crippen molar-refractivity contribution in [3.8, 4) is 22.6 Å². The fourth-order valence-corrected chi connectivity index (χ4v) is 5.53. The second-order valence-electron chi connectivity index (χ2n) is 9.77. The summed E-state index contributed by atoms with van der Waals surface area (Å²) in [5.41, 5.74) is 2.71. The first-order valence-corrected chi connectivity index (χ1v) is 14.0. The van der Waals surface area contributed by atoms with E-state index in [2.05, 4.69) is 41.1 Å². The van der Waals surface area contributed by atoms with Gasteiger partial charge in [-0.15, -0.1) is 0 Å². The number of phenolic OH excluding ortho intramolecular Hbond substituents is 2. The van der Waals surface area contributed by atoms with E-state index in [1.165, 1.54) is 69.8 Å². The van der Waals surface area contributed by atoms with Crippen LogP contribution in [0.5, 0.6) is 11.5 Å². The molecular weight excluding hydrogens is 496 g/mol. The second kappa shape index (κ2) is 12.4. The van der Waals surface area contributed by atoms with Crippen LogP contribution >= 0.6 is 15.9 Å². The predicted octanol–water partition coefficient (Wildman–Crippen LogP) is 10.3. The Labute approximate surface area is 218 Å². The number of halogens is 1. The molecule has 0 heterocycles.